The van der Waals surface area contributed by atoms with Gasteiger partial charge in [-0.25, -0.2) is 8.78 Å². The number of anilines is 1. The molecule has 1 unspecified atom stereocenters. The smallest absolute Gasteiger partial charge is 0.341 e. The lowest BCUT2D eigenvalue weighted by molar-refractivity contribution is -0.140. The lowest BCUT2D eigenvalue weighted by Gasteiger charge is -2.20. The predicted octanol–water partition coefficient (Wildman–Crippen LogP) is 7.80. The van der Waals surface area contributed by atoms with Crippen LogP contribution in [0.2, 0.25) is 5.02 Å². The Morgan fingerprint density at radius 1 is 0.881 bits per heavy atom. The molecule has 1 aliphatic rings. The Kier molecular flexibility index (Phi) is 7.17. The third-order valence-electron chi connectivity index (χ3n) is 6.38. The van der Waals surface area contributed by atoms with Crippen molar-refractivity contribution in [2.45, 2.75) is 18.4 Å². The summed E-state index contributed by atoms with van der Waals surface area (Å²) in [5.41, 5.74) is -4.86. The van der Waals surface area contributed by atoms with Crippen molar-refractivity contribution >= 4 is 29.1 Å². The van der Waals surface area contributed by atoms with Crippen molar-refractivity contribution in [2.24, 2.45) is 0 Å². The van der Waals surface area contributed by atoms with E-state index in [1.165, 1.54) is 12.1 Å². The van der Waals surface area contributed by atoms with E-state index in [0.717, 1.165) is 36.5 Å². The van der Waals surface area contributed by atoms with E-state index in [2.05, 4.69) is 15.6 Å². The van der Waals surface area contributed by atoms with Crippen LogP contribution >= 0.6 is 11.6 Å². The highest BCUT2D eigenvalue weighted by Gasteiger charge is 2.38. The van der Waals surface area contributed by atoms with Crippen LogP contribution < -0.4 is 10.6 Å². The number of rotatable bonds is 4. The molecule has 0 saturated heterocycles. The van der Waals surface area contributed by atoms with Gasteiger partial charge in [-0.3, -0.25) is 14.6 Å². The summed E-state index contributed by atoms with van der Waals surface area (Å²) in [6, 6.07) is 7.52. The number of halogens is 9. The summed E-state index contributed by atoms with van der Waals surface area (Å²) in [6.45, 7) is 0. The number of nitrogens with one attached hydrogen (secondary N) is 2. The molecule has 2 amide bonds. The average Bonchev–Trinajstić information content (AvgIpc) is 3.25. The van der Waals surface area contributed by atoms with Crippen LogP contribution in [0.1, 0.15) is 49.1 Å². The van der Waals surface area contributed by atoms with E-state index >= 15 is 0 Å². The van der Waals surface area contributed by atoms with Gasteiger partial charge in [-0.15, -0.1) is 0 Å². The van der Waals surface area contributed by atoms with Crippen LogP contribution in [0.5, 0.6) is 0 Å². The number of alkyl halides is 6. The molecule has 3 aromatic carbocycles. The number of aromatic nitrogens is 1. The van der Waals surface area contributed by atoms with E-state index in [-0.39, 0.29) is 39.0 Å². The summed E-state index contributed by atoms with van der Waals surface area (Å²) in [5, 5.41) is 4.80. The van der Waals surface area contributed by atoms with Crippen molar-refractivity contribution in [1.29, 1.82) is 0 Å². The average molecular weight is 612 g/mol. The van der Waals surface area contributed by atoms with E-state index in [1.54, 1.807) is 0 Å². The summed E-state index contributed by atoms with van der Waals surface area (Å²) in [7, 11) is 0. The zero-order valence-electron chi connectivity index (χ0n) is 20.6. The Morgan fingerprint density at radius 2 is 1.62 bits per heavy atom. The summed E-state index contributed by atoms with van der Waals surface area (Å²) in [5.74, 6) is -4.22. The molecule has 5 rings (SSSR count). The van der Waals surface area contributed by atoms with Crippen LogP contribution in [0.4, 0.5) is 40.8 Å². The first-order valence-electron chi connectivity index (χ1n) is 11.8. The largest absolute Gasteiger partial charge is 0.433 e. The van der Waals surface area contributed by atoms with Gasteiger partial charge in [0, 0.05) is 44.7 Å². The lowest BCUT2D eigenvalue weighted by atomic mass is 9.92. The summed E-state index contributed by atoms with van der Waals surface area (Å²) in [4.78, 5) is 29.6. The predicted molar refractivity (Wildman–Crippen MR) is 135 cm³/mol. The molecule has 0 radical (unpaired) electrons. The minimum absolute atomic E-state index is 0.0116. The van der Waals surface area contributed by atoms with Gasteiger partial charge in [-0.05, 0) is 60.2 Å². The molecular formula is C28H14ClF8N3O2. The van der Waals surface area contributed by atoms with Gasteiger partial charge >= 0.3 is 12.4 Å². The van der Waals surface area contributed by atoms with E-state index < -0.39 is 64.2 Å². The van der Waals surface area contributed by atoms with Crippen molar-refractivity contribution in [3.8, 4) is 11.1 Å². The topological polar surface area (TPSA) is 71.1 Å². The SMILES string of the molecule is O=C(Nc1cc(-c2cccnc2C(F)(F)F)cc2c1C(c1cc(F)ccc1Cl)NC2=O)c1cc(F)cc(C(F)(F)F)c1. The van der Waals surface area contributed by atoms with Crippen LogP contribution in [-0.4, -0.2) is 16.8 Å². The molecule has 4 aromatic rings. The number of pyridine rings is 1. The number of nitrogens with zero attached hydrogens (tertiary/aromatic N) is 1. The molecule has 5 nitrogen and oxygen atoms in total. The van der Waals surface area contributed by atoms with Gasteiger partial charge in [0.25, 0.3) is 11.8 Å². The number of hydrogen-bond donors (Lipinski definition) is 2. The fraction of sp³-hybridized carbons (Fsp3) is 0.107. The second-order valence-electron chi connectivity index (χ2n) is 9.14. The van der Waals surface area contributed by atoms with Crippen molar-refractivity contribution in [2.75, 3.05) is 5.32 Å². The molecule has 42 heavy (non-hydrogen) atoms. The Morgan fingerprint density at radius 3 is 2.31 bits per heavy atom. The van der Waals surface area contributed by atoms with Crippen LogP contribution in [-0.2, 0) is 12.4 Å². The van der Waals surface area contributed by atoms with Gasteiger partial charge in [0.1, 0.15) is 11.6 Å². The molecule has 0 bridgehead atoms. The molecule has 0 spiro atoms. The van der Waals surface area contributed by atoms with Gasteiger partial charge in [-0.1, -0.05) is 17.7 Å². The monoisotopic (exact) mass is 611 g/mol. The third-order valence-corrected chi connectivity index (χ3v) is 6.72. The van der Waals surface area contributed by atoms with Gasteiger partial charge in [-0.2, -0.15) is 26.3 Å². The number of benzene rings is 3. The van der Waals surface area contributed by atoms with Gasteiger partial charge in [0.15, 0.2) is 5.69 Å². The standard InChI is InChI=1S/C28H14ClF8N3O2/c29-20-4-3-15(30)11-18(20)23-22-19(26(42)40-23)8-12(17-2-1-5-38-24(17)28(35,36)37)9-21(22)39-25(41)13-6-14(27(32,33)34)10-16(31)7-13/h1-11,23H,(H,39,41)(H,40,42). The summed E-state index contributed by atoms with van der Waals surface area (Å²) < 4.78 is 109. The normalized spacial score (nSPS) is 14.9. The molecular weight excluding hydrogens is 598 g/mol. The molecule has 216 valence electrons. The number of carbonyl (C=O) groups is 2. The first-order chi connectivity index (χ1) is 19.6. The zero-order valence-corrected chi connectivity index (χ0v) is 21.3. The van der Waals surface area contributed by atoms with Crippen molar-refractivity contribution in [3.63, 3.8) is 0 Å². The maximum absolute atomic E-state index is 14.1. The quantitative estimate of drug-likeness (QED) is 0.231. The highest BCUT2D eigenvalue weighted by atomic mass is 35.5. The molecule has 0 fully saturated rings. The van der Waals surface area contributed by atoms with Gasteiger partial charge in [0.05, 0.1) is 11.6 Å². The minimum Gasteiger partial charge on any atom is -0.341 e. The van der Waals surface area contributed by atoms with Crippen LogP contribution in [0, 0.1) is 11.6 Å². The first-order valence-corrected chi connectivity index (χ1v) is 12.2. The first kappa shape index (κ1) is 29.0. The third kappa shape index (κ3) is 5.51. The zero-order chi connectivity index (χ0) is 30.6. The van der Waals surface area contributed by atoms with Crippen LogP contribution in [0.25, 0.3) is 11.1 Å². The number of amides is 2. The number of fused-ring (bicyclic) bond motifs is 1. The maximum Gasteiger partial charge on any atom is 0.433 e. The molecule has 1 aliphatic heterocycles. The van der Waals surface area contributed by atoms with E-state index in [0.29, 0.717) is 12.1 Å². The molecule has 1 aromatic heterocycles. The van der Waals surface area contributed by atoms with Crippen molar-refractivity contribution in [3.05, 3.63) is 117 Å². The number of carbonyl (C=O) groups excluding carboxylic acids is 2. The molecule has 2 heterocycles. The Labute approximate surface area is 236 Å². The van der Waals surface area contributed by atoms with E-state index in [9.17, 15) is 44.7 Å². The Bertz CT molecular complexity index is 1750. The molecule has 1 atom stereocenters. The summed E-state index contributed by atoms with van der Waals surface area (Å²) in [6.07, 6.45) is -9.02. The Hall–Kier alpha value is -4.52. The van der Waals surface area contributed by atoms with Crippen molar-refractivity contribution < 1.29 is 44.7 Å². The van der Waals surface area contributed by atoms with Gasteiger partial charge < -0.3 is 10.6 Å². The number of hydrogen-bond acceptors (Lipinski definition) is 3. The fourth-order valence-electron chi connectivity index (χ4n) is 4.60. The molecule has 0 saturated carbocycles. The maximum atomic E-state index is 14.1. The fourth-order valence-corrected chi connectivity index (χ4v) is 4.83. The lowest BCUT2D eigenvalue weighted by Crippen LogP contribution is -2.21. The second kappa shape index (κ2) is 10.4. The van der Waals surface area contributed by atoms with E-state index in [4.69, 9.17) is 11.6 Å². The second-order valence-corrected chi connectivity index (χ2v) is 9.54. The minimum atomic E-state index is -5.00. The summed E-state index contributed by atoms with van der Waals surface area (Å²) >= 11 is 6.23. The molecule has 0 aliphatic carbocycles. The van der Waals surface area contributed by atoms with Crippen LogP contribution in [0.15, 0.2) is 66.9 Å². The molecule has 2 N–H and O–H groups in total. The molecule has 14 heteroatoms. The van der Waals surface area contributed by atoms with Gasteiger partial charge in [0.2, 0.25) is 0 Å². The van der Waals surface area contributed by atoms with Crippen molar-refractivity contribution in [1.82, 2.24) is 10.3 Å². The van der Waals surface area contributed by atoms with E-state index in [1.807, 2.05) is 0 Å². The highest BCUT2D eigenvalue weighted by Crippen LogP contribution is 2.44. The van der Waals surface area contributed by atoms with Crippen LogP contribution in [0.3, 0.4) is 0 Å². The highest BCUT2D eigenvalue weighted by molar-refractivity contribution is 6.31. The Balaban J connectivity index is 1.71.